The molecule has 0 N–H and O–H groups in total. The van der Waals surface area contributed by atoms with Crippen molar-refractivity contribution in [2.45, 2.75) is 19.4 Å². The lowest BCUT2D eigenvalue weighted by molar-refractivity contribution is -0.140. The highest BCUT2D eigenvalue weighted by Crippen LogP contribution is 2.16. The van der Waals surface area contributed by atoms with E-state index in [4.69, 9.17) is 0 Å². The van der Waals surface area contributed by atoms with Crippen molar-refractivity contribution in [3.05, 3.63) is 34.1 Å². The van der Waals surface area contributed by atoms with Crippen LogP contribution in [0.15, 0.2) is 22.7 Å². The first kappa shape index (κ1) is 15.1. The number of ether oxygens (including phenoxy) is 1. The fraction of sp³-hybridized carbons (Fsp3) is 0.462. The predicted octanol–water partition coefficient (Wildman–Crippen LogP) is 2.97. The number of carbonyl (C=O) groups excluding carboxylic acids is 1. The standard InChI is InChI=1S/C13H17BrFNO2/c1-16(7-3-4-13(17)18-2)9-10-5-6-11(14)8-12(10)15/h5-6,8H,3-4,7,9H2,1-2H3. The largest absolute Gasteiger partial charge is 0.469 e. The highest BCUT2D eigenvalue weighted by Gasteiger charge is 2.07. The van der Waals surface area contributed by atoms with Gasteiger partial charge >= 0.3 is 5.97 Å². The van der Waals surface area contributed by atoms with Crippen molar-refractivity contribution in [3.8, 4) is 0 Å². The van der Waals surface area contributed by atoms with E-state index in [0.29, 0.717) is 24.9 Å². The van der Waals surface area contributed by atoms with Crippen LogP contribution in [0, 0.1) is 5.82 Å². The van der Waals surface area contributed by atoms with Crippen LogP contribution in [-0.2, 0) is 16.1 Å². The molecular formula is C13H17BrFNO2. The topological polar surface area (TPSA) is 29.5 Å². The fourth-order valence-corrected chi connectivity index (χ4v) is 1.95. The van der Waals surface area contributed by atoms with E-state index in [0.717, 1.165) is 11.0 Å². The maximum Gasteiger partial charge on any atom is 0.305 e. The zero-order valence-electron chi connectivity index (χ0n) is 10.6. The van der Waals surface area contributed by atoms with E-state index in [-0.39, 0.29) is 11.8 Å². The second-order valence-electron chi connectivity index (χ2n) is 4.15. The Labute approximate surface area is 115 Å². The summed E-state index contributed by atoms with van der Waals surface area (Å²) in [5, 5.41) is 0. The molecule has 0 amide bonds. The third-order valence-corrected chi connectivity index (χ3v) is 3.10. The Hall–Kier alpha value is -0.940. The van der Waals surface area contributed by atoms with Gasteiger partial charge in [0.1, 0.15) is 5.82 Å². The summed E-state index contributed by atoms with van der Waals surface area (Å²) in [5.74, 6) is -0.428. The molecule has 1 aromatic rings. The van der Waals surface area contributed by atoms with Gasteiger partial charge in [-0.05, 0) is 32.1 Å². The van der Waals surface area contributed by atoms with Crippen LogP contribution >= 0.6 is 15.9 Å². The third-order valence-electron chi connectivity index (χ3n) is 2.60. The van der Waals surface area contributed by atoms with Crippen LogP contribution in [0.25, 0.3) is 0 Å². The van der Waals surface area contributed by atoms with Gasteiger partial charge in [-0.1, -0.05) is 22.0 Å². The first-order chi connectivity index (χ1) is 8.52. The maximum absolute atomic E-state index is 13.6. The predicted molar refractivity (Wildman–Crippen MR) is 71.7 cm³/mol. The van der Waals surface area contributed by atoms with Gasteiger partial charge in [0.15, 0.2) is 0 Å². The number of esters is 1. The second-order valence-corrected chi connectivity index (χ2v) is 5.07. The van der Waals surface area contributed by atoms with Crippen molar-refractivity contribution in [1.82, 2.24) is 4.90 Å². The van der Waals surface area contributed by atoms with Crippen molar-refractivity contribution in [2.75, 3.05) is 20.7 Å². The van der Waals surface area contributed by atoms with Crippen molar-refractivity contribution in [1.29, 1.82) is 0 Å². The molecular weight excluding hydrogens is 301 g/mol. The molecule has 0 bridgehead atoms. The molecule has 0 spiro atoms. The van der Waals surface area contributed by atoms with Gasteiger partial charge in [0.25, 0.3) is 0 Å². The molecule has 1 rings (SSSR count). The molecule has 0 heterocycles. The van der Waals surface area contributed by atoms with Gasteiger partial charge in [-0.3, -0.25) is 4.79 Å². The molecule has 0 aliphatic rings. The Morgan fingerprint density at radius 2 is 2.22 bits per heavy atom. The first-order valence-electron chi connectivity index (χ1n) is 5.72. The second kappa shape index (κ2) is 7.48. The Bertz CT molecular complexity index is 412. The first-order valence-corrected chi connectivity index (χ1v) is 6.51. The van der Waals surface area contributed by atoms with Crippen LogP contribution in [-0.4, -0.2) is 31.6 Å². The number of benzene rings is 1. The normalized spacial score (nSPS) is 10.7. The lowest BCUT2D eigenvalue weighted by Crippen LogP contribution is -2.20. The van der Waals surface area contributed by atoms with Crippen molar-refractivity contribution >= 4 is 21.9 Å². The Morgan fingerprint density at radius 1 is 1.50 bits per heavy atom. The summed E-state index contributed by atoms with van der Waals surface area (Å²) in [6.07, 6.45) is 1.10. The number of rotatable bonds is 6. The molecule has 5 heteroatoms. The molecule has 0 aromatic heterocycles. The molecule has 0 saturated carbocycles. The molecule has 0 aliphatic heterocycles. The SMILES string of the molecule is COC(=O)CCCN(C)Cc1ccc(Br)cc1F. The van der Waals surface area contributed by atoms with Crippen LogP contribution in [0.4, 0.5) is 4.39 Å². The van der Waals surface area contributed by atoms with E-state index in [2.05, 4.69) is 20.7 Å². The summed E-state index contributed by atoms with van der Waals surface area (Å²) in [4.78, 5) is 12.9. The number of methoxy groups -OCH3 is 1. The van der Waals surface area contributed by atoms with Gasteiger partial charge in [-0.15, -0.1) is 0 Å². The van der Waals surface area contributed by atoms with Crippen molar-refractivity contribution in [3.63, 3.8) is 0 Å². The fourth-order valence-electron chi connectivity index (χ4n) is 1.62. The summed E-state index contributed by atoms with van der Waals surface area (Å²) in [7, 11) is 3.28. The van der Waals surface area contributed by atoms with Gasteiger partial charge in [-0.25, -0.2) is 4.39 Å². The van der Waals surface area contributed by atoms with E-state index in [1.165, 1.54) is 13.2 Å². The van der Waals surface area contributed by atoms with Crippen molar-refractivity contribution < 1.29 is 13.9 Å². The summed E-state index contributed by atoms with van der Waals surface area (Å²) >= 11 is 3.22. The van der Waals surface area contributed by atoms with Crippen LogP contribution in [0.1, 0.15) is 18.4 Å². The maximum atomic E-state index is 13.6. The summed E-state index contributed by atoms with van der Waals surface area (Å²) in [5.41, 5.74) is 0.652. The number of halogens is 2. The molecule has 0 fully saturated rings. The number of hydrogen-bond acceptors (Lipinski definition) is 3. The molecule has 0 saturated heterocycles. The average molecular weight is 318 g/mol. The molecule has 0 radical (unpaired) electrons. The lowest BCUT2D eigenvalue weighted by atomic mass is 10.2. The summed E-state index contributed by atoms with van der Waals surface area (Å²) in [6.45, 7) is 1.25. The highest BCUT2D eigenvalue weighted by atomic mass is 79.9. The monoisotopic (exact) mass is 317 g/mol. The highest BCUT2D eigenvalue weighted by molar-refractivity contribution is 9.10. The minimum atomic E-state index is -0.218. The molecule has 18 heavy (non-hydrogen) atoms. The van der Waals surface area contributed by atoms with E-state index < -0.39 is 0 Å². The van der Waals surface area contributed by atoms with Crippen LogP contribution in [0.3, 0.4) is 0 Å². The Balaban J connectivity index is 2.39. The van der Waals surface area contributed by atoms with E-state index in [1.54, 1.807) is 6.07 Å². The number of nitrogens with zero attached hydrogens (tertiary/aromatic N) is 1. The average Bonchev–Trinajstić information content (AvgIpc) is 2.32. The van der Waals surface area contributed by atoms with Gasteiger partial charge < -0.3 is 9.64 Å². The van der Waals surface area contributed by atoms with Crippen LogP contribution < -0.4 is 0 Å². The van der Waals surface area contributed by atoms with E-state index >= 15 is 0 Å². The quantitative estimate of drug-likeness (QED) is 0.755. The van der Waals surface area contributed by atoms with Crippen molar-refractivity contribution in [2.24, 2.45) is 0 Å². The minimum Gasteiger partial charge on any atom is -0.469 e. The van der Waals surface area contributed by atoms with Crippen LogP contribution in [0.5, 0.6) is 0 Å². The zero-order valence-corrected chi connectivity index (χ0v) is 12.2. The smallest absolute Gasteiger partial charge is 0.305 e. The molecule has 0 aliphatic carbocycles. The van der Waals surface area contributed by atoms with E-state index in [9.17, 15) is 9.18 Å². The zero-order chi connectivity index (χ0) is 13.5. The Morgan fingerprint density at radius 3 is 2.83 bits per heavy atom. The van der Waals surface area contributed by atoms with Gasteiger partial charge in [0, 0.05) is 23.0 Å². The molecule has 0 unspecified atom stereocenters. The van der Waals surface area contributed by atoms with E-state index in [1.807, 2.05) is 18.0 Å². The Kier molecular flexibility index (Phi) is 6.29. The lowest BCUT2D eigenvalue weighted by Gasteiger charge is -2.16. The van der Waals surface area contributed by atoms with Gasteiger partial charge in [-0.2, -0.15) is 0 Å². The molecule has 0 atom stereocenters. The summed E-state index contributed by atoms with van der Waals surface area (Å²) in [6, 6.07) is 5.04. The number of hydrogen-bond donors (Lipinski definition) is 0. The van der Waals surface area contributed by atoms with Crippen LogP contribution in [0.2, 0.25) is 0 Å². The van der Waals surface area contributed by atoms with Gasteiger partial charge in [0.2, 0.25) is 0 Å². The minimum absolute atomic E-state index is 0.210. The van der Waals surface area contributed by atoms with Gasteiger partial charge in [0.05, 0.1) is 7.11 Å². The molecule has 1 aromatic carbocycles. The number of carbonyl (C=O) groups is 1. The third kappa shape index (κ3) is 5.14. The summed E-state index contributed by atoms with van der Waals surface area (Å²) < 4.78 is 18.9. The molecule has 3 nitrogen and oxygen atoms in total. The molecule has 100 valence electrons.